The Hall–Kier alpha value is -3.71. The van der Waals surface area contributed by atoms with Crippen LogP contribution in [0.4, 0.5) is 10.1 Å². The predicted molar refractivity (Wildman–Crippen MR) is 129 cm³/mol. The van der Waals surface area contributed by atoms with Gasteiger partial charge >= 0.3 is 0 Å². The molecule has 5 rings (SSSR count). The summed E-state index contributed by atoms with van der Waals surface area (Å²) in [5.74, 6) is 0.857. The first-order valence-corrected chi connectivity index (χ1v) is 11.4. The van der Waals surface area contributed by atoms with Crippen molar-refractivity contribution in [2.24, 2.45) is 0 Å². The Kier molecular flexibility index (Phi) is 6.02. The van der Waals surface area contributed by atoms with Crippen LogP contribution in [0.15, 0.2) is 72.8 Å². The van der Waals surface area contributed by atoms with E-state index in [-0.39, 0.29) is 37.2 Å². The molecule has 1 aliphatic rings. The minimum Gasteiger partial charge on any atom is -0.491 e. The quantitative estimate of drug-likeness (QED) is 0.444. The highest BCUT2D eigenvalue weighted by Crippen LogP contribution is 2.33. The molecular formula is C27H26FN3O3. The first-order chi connectivity index (χ1) is 16.5. The van der Waals surface area contributed by atoms with Gasteiger partial charge in [-0.2, -0.15) is 0 Å². The van der Waals surface area contributed by atoms with Gasteiger partial charge in [-0.3, -0.25) is 4.79 Å². The number of hydrogen-bond acceptors (Lipinski definition) is 4. The lowest BCUT2D eigenvalue weighted by atomic mass is 10.1. The Bertz CT molecular complexity index is 1340. The van der Waals surface area contributed by atoms with Gasteiger partial charge in [0.2, 0.25) is 5.91 Å². The van der Waals surface area contributed by atoms with Crippen molar-refractivity contribution in [2.75, 3.05) is 18.1 Å². The fraction of sp³-hybridized carbons (Fsp3) is 0.259. The largest absolute Gasteiger partial charge is 0.491 e. The fourth-order valence-corrected chi connectivity index (χ4v) is 4.54. The number of aromatic nitrogens is 2. The first kappa shape index (κ1) is 22.1. The number of amides is 1. The highest BCUT2D eigenvalue weighted by molar-refractivity contribution is 5.96. The van der Waals surface area contributed by atoms with Crippen molar-refractivity contribution >= 4 is 22.6 Å². The van der Waals surface area contributed by atoms with Crippen molar-refractivity contribution in [3.05, 3.63) is 90.0 Å². The van der Waals surface area contributed by atoms with Gasteiger partial charge in [0.25, 0.3) is 0 Å². The number of fused-ring (bicyclic) bond motifs is 1. The molecule has 7 heteroatoms. The topological polar surface area (TPSA) is 67.6 Å². The maximum Gasteiger partial charge on any atom is 0.227 e. The van der Waals surface area contributed by atoms with Gasteiger partial charge in [-0.1, -0.05) is 36.4 Å². The number of rotatable bonds is 7. The van der Waals surface area contributed by atoms with Crippen LogP contribution < -0.4 is 9.64 Å². The van der Waals surface area contributed by atoms with Crippen molar-refractivity contribution < 1.29 is 19.0 Å². The molecule has 1 aliphatic heterocycles. The first-order valence-electron chi connectivity index (χ1n) is 11.4. The average molecular weight is 460 g/mol. The van der Waals surface area contributed by atoms with Crippen LogP contribution >= 0.6 is 0 Å². The highest BCUT2D eigenvalue weighted by Gasteiger charge is 2.35. The molecule has 0 aliphatic carbocycles. The predicted octanol–water partition coefficient (Wildman–Crippen LogP) is 4.44. The number of benzene rings is 3. The highest BCUT2D eigenvalue weighted by atomic mass is 19.1. The van der Waals surface area contributed by atoms with Crippen molar-refractivity contribution in [2.45, 2.75) is 31.9 Å². The van der Waals surface area contributed by atoms with Crippen LogP contribution in [0.1, 0.15) is 23.7 Å². The summed E-state index contributed by atoms with van der Waals surface area (Å²) in [5, 5.41) is 10.8. The summed E-state index contributed by atoms with van der Waals surface area (Å²) in [4.78, 5) is 19.2. The number of nitrogens with zero attached hydrogens (tertiary/aromatic N) is 3. The standard InChI is InChI=1S/C27H26FN3O3/c1-18-7-2-5-12-25(18)34-17-22(32)16-31-24-11-4-3-10-23(24)29-27(31)19-13-26(33)30(15-19)21-9-6-8-20(28)14-21/h2-12,14,19,22,32H,13,15-17H2,1H3/t19-,22+/m0/s1. The molecule has 34 heavy (non-hydrogen) atoms. The van der Waals surface area contributed by atoms with E-state index in [4.69, 9.17) is 9.72 Å². The number of aryl methyl sites for hydroxylation is 1. The molecule has 1 N–H and O–H groups in total. The number of imidazole rings is 1. The summed E-state index contributed by atoms with van der Waals surface area (Å²) in [6, 6.07) is 21.5. The summed E-state index contributed by atoms with van der Waals surface area (Å²) < 4.78 is 21.6. The van der Waals surface area contributed by atoms with E-state index < -0.39 is 6.10 Å². The van der Waals surface area contributed by atoms with Gasteiger partial charge in [-0.05, 0) is 48.9 Å². The van der Waals surface area contributed by atoms with Gasteiger partial charge in [-0.15, -0.1) is 0 Å². The normalized spacial score (nSPS) is 16.9. The second kappa shape index (κ2) is 9.27. The van der Waals surface area contributed by atoms with Gasteiger partial charge in [0.15, 0.2) is 0 Å². The third kappa shape index (κ3) is 4.39. The molecule has 2 atom stereocenters. The zero-order chi connectivity index (χ0) is 23.7. The molecule has 1 saturated heterocycles. The van der Waals surface area contributed by atoms with Gasteiger partial charge in [0.05, 0.1) is 17.6 Å². The van der Waals surface area contributed by atoms with Gasteiger partial charge in [0, 0.05) is 24.6 Å². The van der Waals surface area contributed by atoms with Crippen LogP contribution in [-0.2, 0) is 11.3 Å². The van der Waals surface area contributed by atoms with E-state index in [0.717, 1.165) is 28.2 Å². The second-order valence-electron chi connectivity index (χ2n) is 8.68. The molecule has 0 spiro atoms. The lowest BCUT2D eigenvalue weighted by molar-refractivity contribution is -0.117. The summed E-state index contributed by atoms with van der Waals surface area (Å²) in [7, 11) is 0. The van der Waals surface area contributed by atoms with Gasteiger partial charge in [0.1, 0.15) is 30.1 Å². The van der Waals surface area contributed by atoms with E-state index in [9.17, 15) is 14.3 Å². The molecule has 1 amide bonds. The van der Waals surface area contributed by atoms with Crippen LogP contribution in [0.3, 0.4) is 0 Å². The lowest BCUT2D eigenvalue weighted by Crippen LogP contribution is -2.26. The maximum atomic E-state index is 13.7. The molecule has 0 bridgehead atoms. The minimum absolute atomic E-state index is 0.0716. The molecule has 6 nitrogen and oxygen atoms in total. The van der Waals surface area contributed by atoms with E-state index in [1.54, 1.807) is 17.0 Å². The van der Waals surface area contributed by atoms with Crippen molar-refractivity contribution in [1.82, 2.24) is 9.55 Å². The number of anilines is 1. The Morgan fingerprint density at radius 2 is 1.91 bits per heavy atom. The van der Waals surface area contributed by atoms with Crippen LogP contribution in [0, 0.1) is 12.7 Å². The zero-order valence-electron chi connectivity index (χ0n) is 18.9. The van der Waals surface area contributed by atoms with Crippen LogP contribution in [-0.4, -0.2) is 39.8 Å². The van der Waals surface area contributed by atoms with E-state index in [2.05, 4.69) is 0 Å². The molecular weight excluding hydrogens is 433 g/mol. The van der Waals surface area contributed by atoms with E-state index in [0.29, 0.717) is 12.2 Å². The molecule has 1 aromatic heterocycles. The molecule has 0 radical (unpaired) electrons. The molecule has 2 heterocycles. The van der Waals surface area contributed by atoms with Crippen molar-refractivity contribution in [3.63, 3.8) is 0 Å². The summed E-state index contributed by atoms with van der Waals surface area (Å²) in [6.07, 6.45) is -0.497. The molecule has 1 fully saturated rings. The van der Waals surface area contributed by atoms with E-state index >= 15 is 0 Å². The van der Waals surface area contributed by atoms with E-state index in [1.165, 1.54) is 12.1 Å². The van der Waals surface area contributed by atoms with Crippen LogP contribution in [0.5, 0.6) is 5.75 Å². The zero-order valence-corrected chi connectivity index (χ0v) is 18.9. The number of ether oxygens (including phenoxy) is 1. The molecule has 0 unspecified atom stereocenters. The number of aliphatic hydroxyl groups is 1. The number of hydrogen-bond donors (Lipinski definition) is 1. The lowest BCUT2D eigenvalue weighted by Gasteiger charge is -2.19. The SMILES string of the molecule is Cc1ccccc1OC[C@H](O)Cn1c([C@H]2CC(=O)N(c3cccc(F)c3)C2)nc2ccccc21. The summed E-state index contributed by atoms with van der Waals surface area (Å²) in [6.45, 7) is 2.79. The Balaban J connectivity index is 1.39. The number of para-hydroxylation sites is 3. The second-order valence-corrected chi connectivity index (χ2v) is 8.68. The number of aliphatic hydroxyl groups excluding tert-OH is 1. The van der Waals surface area contributed by atoms with Gasteiger partial charge < -0.3 is 19.3 Å². The third-order valence-electron chi connectivity index (χ3n) is 6.21. The smallest absolute Gasteiger partial charge is 0.227 e. The van der Waals surface area contributed by atoms with Crippen LogP contribution in [0.25, 0.3) is 11.0 Å². The Labute approximate surface area is 197 Å². The number of carbonyl (C=O) groups excluding carboxylic acids is 1. The molecule has 3 aromatic carbocycles. The molecule has 174 valence electrons. The Morgan fingerprint density at radius 1 is 1.12 bits per heavy atom. The fourth-order valence-electron chi connectivity index (χ4n) is 4.54. The minimum atomic E-state index is -0.771. The average Bonchev–Trinajstić information content (AvgIpc) is 3.39. The summed E-state index contributed by atoms with van der Waals surface area (Å²) in [5.41, 5.74) is 3.25. The number of halogens is 1. The van der Waals surface area contributed by atoms with Crippen molar-refractivity contribution in [3.8, 4) is 5.75 Å². The molecule has 4 aromatic rings. The van der Waals surface area contributed by atoms with Crippen molar-refractivity contribution in [1.29, 1.82) is 0 Å². The monoisotopic (exact) mass is 459 g/mol. The van der Waals surface area contributed by atoms with E-state index in [1.807, 2.05) is 60.0 Å². The molecule has 0 saturated carbocycles. The third-order valence-corrected chi connectivity index (χ3v) is 6.21. The van der Waals surface area contributed by atoms with Gasteiger partial charge in [-0.25, -0.2) is 9.37 Å². The number of carbonyl (C=O) groups is 1. The van der Waals surface area contributed by atoms with Crippen LogP contribution in [0.2, 0.25) is 0 Å². The Morgan fingerprint density at radius 3 is 2.74 bits per heavy atom. The summed E-state index contributed by atoms with van der Waals surface area (Å²) >= 11 is 0. The maximum absolute atomic E-state index is 13.7.